The number of rotatable bonds is 5. The van der Waals surface area contributed by atoms with Crippen molar-refractivity contribution < 1.29 is 22.6 Å². The number of hydrogen-bond donors (Lipinski definition) is 1. The number of aromatic nitrogens is 4. The summed E-state index contributed by atoms with van der Waals surface area (Å²) in [5.41, 5.74) is 1.18. The molecule has 1 aromatic carbocycles. The predicted molar refractivity (Wildman–Crippen MR) is 91.7 cm³/mol. The van der Waals surface area contributed by atoms with Crippen LogP contribution in [0.25, 0.3) is 22.4 Å². The summed E-state index contributed by atoms with van der Waals surface area (Å²) in [6.45, 7) is 3.52. The summed E-state index contributed by atoms with van der Waals surface area (Å²) in [5, 5.41) is 6.70. The van der Waals surface area contributed by atoms with Gasteiger partial charge in [0.25, 0.3) is 0 Å². The molecule has 0 atom stereocenters. The first kappa shape index (κ1) is 18.6. The summed E-state index contributed by atoms with van der Waals surface area (Å²) in [7, 11) is 0. The van der Waals surface area contributed by atoms with Crippen LogP contribution in [0, 0.1) is 6.92 Å². The van der Waals surface area contributed by atoms with Gasteiger partial charge in [-0.2, -0.15) is 18.3 Å². The SMILES string of the molecule is CCOCOc1cc(C(F)(F)F)cc(C)c1-c1cnc2c(Br)[nH]nc2n1. The van der Waals surface area contributed by atoms with E-state index in [1.54, 1.807) is 13.8 Å². The third-order valence-corrected chi connectivity index (χ3v) is 4.16. The second-order valence-corrected chi connectivity index (χ2v) is 6.18. The number of aromatic amines is 1. The van der Waals surface area contributed by atoms with E-state index in [0.717, 1.165) is 12.1 Å². The summed E-state index contributed by atoms with van der Waals surface area (Å²) in [6, 6.07) is 1.99. The van der Waals surface area contributed by atoms with E-state index in [1.807, 2.05) is 0 Å². The smallest absolute Gasteiger partial charge is 0.416 e. The number of H-pyrrole nitrogens is 1. The molecule has 2 aromatic heterocycles. The molecule has 0 spiro atoms. The monoisotopic (exact) mass is 430 g/mol. The van der Waals surface area contributed by atoms with E-state index in [4.69, 9.17) is 9.47 Å². The van der Waals surface area contributed by atoms with E-state index in [1.165, 1.54) is 6.20 Å². The molecule has 0 saturated carbocycles. The number of alkyl halides is 3. The predicted octanol–water partition coefficient (Wildman–Crippen LogP) is 4.48. The van der Waals surface area contributed by atoms with Crippen LogP contribution in [0.4, 0.5) is 13.2 Å². The molecule has 1 N–H and O–H groups in total. The first-order valence-corrected chi connectivity index (χ1v) is 8.40. The van der Waals surface area contributed by atoms with E-state index >= 15 is 0 Å². The van der Waals surface area contributed by atoms with Gasteiger partial charge in [0.05, 0.1) is 17.5 Å². The number of hydrogen-bond acceptors (Lipinski definition) is 5. The van der Waals surface area contributed by atoms with E-state index in [9.17, 15) is 13.2 Å². The molecule has 2 heterocycles. The molecule has 3 rings (SSSR count). The minimum Gasteiger partial charge on any atom is -0.467 e. The van der Waals surface area contributed by atoms with Crippen molar-refractivity contribution >= 4 is 27.1 Å². The van der Waals surface area contributed by atoms with Crippen LogP contribution in [0.1, 0.15) is 18.1 Å². The molecule has 0 unspecified atom stereocenters. The Kier molecular flexibility index (Phi) is 5.15. The largest absolute Gasteiger partial charge is 0.467 e. The Labute approximate surface area is 154 Å². The molecule has 0 amide bonds. The minimum atomic E-state index is -4.49. The summed E-state index contributed by atoms with van der Waals surface area (Å²) >= 11 is 3.26. The van der Waals surface area contributed by atoms with Crippen molar-refractivity contribution in [3.8, 4) is 17.0 Å². The van der Waals surface area contributed by atoms with E-state index in [0.29, 0.717) is 39.2 Å². The first-order valence-electron chi connectivity index (χ1n) is 7.60. The Morgan fingerprint density at radius 3 is 2.73 bits per heavy atom. The number of aryl methyl sites for hydroxylation is 1. The van der Waals surface area contributed by atoms with Crippen LogP contribution in [0.3, 0.4) is 0 Å². The lowest BCUT2D eigenvalue weighted by molar-refractivity contribution is -0.137. The van der Waals surface area contributed by atoms with Gasteiger partial charge in [-0.3, -0.25) is 5.10 Å². The van der Waals surface area contributed by atoms with Gasteiger partial charge < -0.3 is 9.47 Å². The lowest BCUT2D eigenvalue weighted by Gasteiger charge is -2.16. The molecule has 0 aliphatic heterocycles. The number of nitrogens with zero attached hydrogens (tertiary/aromatic N) is 3. The van der Waals surface area contributed by atoms with Gasteiger partial charge in [-0.15, -0.1) is 0 Å². The Balaban J connectivity index is 2.13. The quantitative estimate of drug-likeness (QED) is 0.477. The highest BCUT2D eigenvalue weighted by atomic mass is 79.9. The maximum absolute atomic E-state index is 13.1. The maximum Gasteiger partial charge on any atom is 0.416 e. The number of ether oxygens (including phenoxy) is 2. The topological polar surface area (TPSA) is 72.9 Å². The molecule has 26 heavy (non-hydrogen) atoms. The number of nitrogens with one attached hydrogen (secondary N) is 1. The molecule has 0 radical (unpaired) electrons. The van der Waals surface area contributed by atoms with Crippen molar-refractivity contribution in [2.45, 2.75) is 20.0 Å². The minimum absolute atomic E-state index is 0.0222. The number of benzene rings is 1. The Bertz CT molecular complexity index is 943. The zero-order valence-corrected chi connectivity index (χ0v) is 15.4. The molecule has 6 nitrogen and oxygen atoms in total. The molecule has 0 fully saturated rings. The fraction of sp³-hybridized carbons (Fsp3) is 0.312. The number of fused-ring (bicyclic) bond motifs is 1. The van der Waals surface area contributed by atoms with Gasteiger partial charge >= 0.3 is 6.18 Å². The van der Waals surface area contributed by atoms with Crippen molar-refractivity contribution in [1.82, 2.24) is 20.2 Å². The summed E-state index contributed by atoms with van der Waals surface area (Å²) < 4.78 is 50.6. The molecule has 0 saturated heterocycles. The van der Waals surface area contributed by atoms with Crippen LogP contribution in [0.15, 0.2) is 22.9 Å². The van der Waals surface area contributed by atoms with Gasteiger partial charge in [0.1, 0.15) is 15.9 Å². The lowest BCUT2D eigenvalue weighted by Crippen LogP contribution is -2.09. The fourth-order valence-electron chi connectivity index (χ4n) is 2.44. The van der Waals surface area contributed by atoms with E-state index in [-0.39, 0.29) is 12.5 Å². The van der Waals surface area contributed by atoms with Crippen LogP contribution in [-0.2, 0) is 10.9 Å². The first-order chi connectivity index (χ1) is 12.3. The van der Waals surface area contributed by atoms with Crippen LogP contribution in [-0.4, -0.2) is 33.6 Å². The second-order valence-electron chi connectivity index (χ2n) is 5.38. The van der Waals surface area contributed by atoms with Crippen LogP contribution >= 0.6 is 15.9 Å². The van der Waals surface area contributed by atoms with Crippen molar-refractivity contribution in [2.24, 2.45) is 0 Å². The zero-order chi connectivity index (χ0) is 18.9. The molecule has 10 heteroatoms. The summed E-state index contributed by atoms with van der Waals surface area (Å²) in [6.07, 6.45) is -3.03. The average Bonchev–Trinajstić information content (AvgIpc) is 2.94. The highest BCUT2D eigenvalue weighted by molar-refractivity contribution is 9.10. The third kappa shape index (κ3) is 3.65. The van der Waals surface area contributed by atoms with Gasteiger partial charge in [0.2, 0.25) is 5.65 Å². The molecular formula is C16H14BrF3N4O2. The van der Waals surface area contributed by atoms with Crippen LogP contribution in [0.5, 0.6) is 5.75 Å². The molecule has 3 aromatic rings. The Hall–Kier alpha value is -2.20. The Morgan fingerprint density at radius 1 is 1.27 bits per heavy atom. The number of halogens is 4. The van der Waals surface area contributed by atoms with Crippen molar-refractivity contribution in [3.63, 3.8) is 0 Å². The second kappa shape index (κ2) is 7.20. The summed E-state index contributed by atoms with van der Waals surface area (Å²) in [5.74, 6) is 0.0222. The van der Waals surface area contributed by atoms with Gasteiger partial charge in [-0.25, -0.2) is 9.97 Å². The molecule has 0 bridgehead atoms. The molecule has 138 valence electrons. The highest BCUT2D eigenvalue weighted by Gasteiger charge is 2.32. The maximum atomic E-state index is 13.1. The van der Waals surface area contributed by atoms with Crippen molar-refractivity contribution in [1.29, 1.82) is 0 Å². The molecular weight excluding hydrogens is 417 g/mol. The van der Waals surface area contributed by atoms with Crippen LogP contribution < -0.4 is 4.74 Å². The van der Waals surface area contributed by atoms with E-state index in [2.05, 4.69) is 36.1 Å². The van der Waals surface area contributed by atoms with Crippen LogP contribution in [0.2, 0.25) is 0 Å². The normalized spacial score (nSPS) is 11.9. The van der Waals surface area contributed by atoms with Gasteiger partial charge in [0, 0.05) is 12.2 Å². The highest BCUT2D eigenvalue weighted by Crippen LogP contribution is 2.39. The van der Waals surface area contributed by atoms with Gasteiger partial charge in [-0.05, 0) is 47.5 Å². The van der Waals surface area contributed by atoms with Crippen molar-refractivity contribution in [2.75, 3.05) is 13.4 Å². The zero-order valence-electron chi connectivity index (χ0n) is 13.8. The fourth-order valence-corrected chi connectivity index (χ4v) is 2.80. The summed E-state index contributed by atoms with van der Waals surface area (Å²) in [4.78, 5) is 8.63. The van der Waals surface area contributed by atoms with Gasteiger partial charge in [0.15, 0.2) is 6.79 Å². The average molecular weight is 431 g/mol. The third-order valence-electron chi connectivity index (χ3n) is 3.61. The van der Waals surface area contributed by atoms with Gasteiger partial charge in [-0.1, -0.05) is 0 Å². The Morgan fingerprint density at radius 2 is 2.04 bits per heavy atom. The van der Waals surface area contributed by atoms with E-state index < -0.39 is 11.7 Å². The molecule has 0 aliphatic carbocycles. The standard InChI is InChI=1S/C16H14BrF3N4O2/c1-3-25-7-26-11-5-9(16(18,19)20)4-8(2)12(11)10-6-21-13-14(17)23-24-15(13)22-10/h4-6H,3,7H2,1-2H3,(H,22,23,24). The van der Waals surface area contributed by atoms with Crippen molar-refractivity contribution in [3.05, 3.63) is 34.1 Å². The molecule has 0 aliphatic rings. The lowest BCUT2D eigenvalue weighted by atomic mass is 10.0.